The molecule has 6 heteroatoms. The van der Waals surface area contributed by atoms with Crippen LogP contribution in [0.1, 0.15) is 27.2 Å². The molecule has 0 atom stereocenters. The fraction of sp³-hybridized carbons (Fsp3) is 0.150. The predicted molar refractivity (Wildman–Crippen MR) is 107 cm³/mol. The van der Waals surface area contributed by atoms with Crippen LogP contribution < -0.4 is 5.43 Å². The third-order valence-corrected chi connectivity index (χ3v) is 4.86. The van der Waals surface area contributed by atoms with Crippen LogP contribution in [0.4, 0.5) is 0 Å². The lowest BCUT2D eigenvalue weighted by molar-refractivity contribution is 0.0950. The van der Waals surface area contributed by atoms with E-state index >= 15 is 0 Å². The van der Waals surface area contributed by atoms with E-state index in [0.29, 0.717) is 5.69 Å². The summed E-state index contributed by atoms with van der Waals surface area (Å²) in [5, 5.41) is 11.0. The fourth-order valence-corrected chi connectivity index (χ4v) is 2.81. The van der Waals surface area contributed by atoms with Crippen LogP contribution in [0.2, 0.25) is 0 Å². The van der Waals surface area contributed by atoms with E-state index in [2.05, 4.69) is 40.6 Å². The number of aryl methyl sites for hydroxylation is 2. The summed E-state index contributed by atoms with van der Waals surface area (Å²) < 4.78 is 0. The van der Waals surface area contributed by atoms with Crippen LogP contribution in [0, 0.1) is 13.8 Å². The Hall–Kier alpha value is -2.86. The van der Waals surface area contributed by atoms with E-state index < -0.39 is 0 Å². The number of hydrazone groups is 1. The highest BCUT2D eigenvalue weighted by Crippen LogP contribution is 2.21. The monoisotopic (exact) mass is 364 g/mol. The molecule has 0 saturated heterocycles. The normalized spacial score (nSPS) is 11.0. The van der Waals surface area contributed by atoms with Crippen LogP contribution in [0.15, 0.2) is 58.5 Å². The van der Waals surface area contributed by atoms with Crippen molar-refractivity contribution in [3.05, 3.63) is 70.9 Å². The smallest absolute Gasteiger partial charge is 0.272 e. The van der Waals surface area contributed by atoms with E-state index in [1.807, 2.05) is 42.7 Å². The van der Waals surface area contributed by atoms with Gasteiger partial charge in [0.25, 0.3) is 5.91 Å². The second kappa shape index (κ2) is 8.01. The molecule has 1 aromatic heterocycles. The molecule has 26 heavy (non-hydrogen) atoms. The van der Waals surface area contributed by atoms with E-state index in [1.165, 1.54) is 16.0 Å². The minimum atomic E-state index is -0.329. The van der Waals surface area contributed by atoms with Crippen LogP contribution in [0.25, 0.3) is 11.3 Å². The molecule has 0 fully saturated rings. The van der Waals surface area contributed by atoms with Crippen LogP contribution in [0.5, 0.6) is 0 Å². The molecule has 2 aromatic carbocycles. The van der Waals surface area contributed by atoms with Gasteiger partial charge in [0.2, 0.25) is 0 Å². The zero-order chi connectivity index (χ0) is 18.5. The first-order valence-electron chi connectivity index (χ1n) is 8.17. The first kappa shape index (κ1) is 17.9. The molecule has 1 heterocycles. The molecule has 5 nitrogen and oxygen atoms in total. The number of nitrogens with one attached hydrogen (secondary N) is 2. The third-order valence-electron chi connectivity index (χ3n) is 4.12. The lowest BCUT2D eigenvalue weighted by atomic mass is 10.0. The molecule has 3 aromatic rings. The minimum Gasteiger partial charge on any atom is -0.272 e. The molecule has 0 spiro atoms. The van der Waals surface area contributed by atoms with Crippen molar-refractivity contribution >= 4 is 23.9 Å². The average molecular weight is 364 g/mol. The molecule has 0 unspecified atom stereocenters. The number of rotatable bonds is 5. The molecule has 0 aliphatic heterocycles. The summed E-state index contributed by atoms with van der Waals surface area (Å²) >= 11 is 1.68. The Morgan fingerprint density at radius 3 is 2.58 bits per heavy atom. The number of amides is 1. The number of benzene rings is 2. The lowest BCUT2D eigenvalue weighted by Crippen LogP contribution is -2.17. The molecule has 0 radical (unpaired) electrons. The average Bonchev–Trinajstić information content (AvgIpc) is 3.15. The van der Waals surface area contributed by atoms with Crippen molar-refractivity contribution in [2.45, 2.75) is 18.7 Å². The Kier molecular flexibility index (Phi) is 5.53. The number of aromatic amines is 1. The molecule has 0 saturated carbocycles. The lowest BCUT2D eigenvalue weighted by Gasteiger charge is -2.01. The van der Waals surface area contributed by atoms with Gasteiger partial charge in [-0.15, -0.1) is 11.8 Å². The number of carbonyl (C=O) groups is 1. The van der Waals surface area contributed by atoms with Crippen LogP contribution in [0.3, 0.4) is 0 Å². The van der Waals surface area contributed by atoms with E-state index in [1.54, 1.807) is 24.0 Å². The quantitative estimate of drug-likeness (QED) is 0.405. The summed E-state index contributed by atoms with van der Waals surface area (Å²) in [5.41, 5.74) is 7.92. The second-order valence-corrected chi connectivity index (χ2v) is 6.82. The van der Waals surface area contributed by atoms with Crippen molar-refractivity contribution in [2.75, 3.05) is 6.26 Å². The highest BCUT2D eigenvalue weighted by molar-refractivity contribution is 7.98. The van der Waals surface area contributed by atoms with Gasteiger partial charge in [-0.1, -0.05) is 24.3 Å². The number of hydrogen-bond acceptors (Lipinski definition) is 4. The van der Waals surface area contributed by atoms with Gasteiger partial charge in [0, 0.05) is 10.5 Å². The van der Waals surface area contributed by atoms with Gasteiger partial charge >= 0.3 is 0 Å². The fourth-order valence-electron chi connectivity index (χ4n) is 2.40. The summed E-state index contributed by atoms with van der Waals surface area (Å²) in [6.07, 6.45) is 3.64. The standard InChI is InChI=1S/C20H20N4OS/c1-13-4-7-16(10-14(13)2)18-11-19(23-22-18)20(25)24-21-12-15-5-8-17(26-3)9-6-15/h4-12H,1-3H3,(H,22,23)(H,24,25)/b21-12+. The molecular formula is C20H20N4OS. The topological polar surface area (TPSA) is 70.1 Å². The van der Waals surface area contributed by atoms with Crippen LogP contribution in [-0.2, 0) is 0 Å². The van der Waals surface area contributed by atoms with Crippen LogP contribution in [-0.4, -0.2) is 28.6 Å². The van der Waals surface area contributed by atoms with Gasteiger partial charge < -0.3 is 0 Å². The van der Waals surface area contributed by atoms with Crippen molar-refractivity contribution in [1.82, 2.24) is 15.6 Å². The first-order valence-corrected chi connectivity index (χ1v) is 9.40. The molecule has 1 amide bonds. The summed E-state index contributed by atoms with van der Waals surface area (Å²) in [5.74, 6) is -0.329. The Morgan fingerprint density at radius 1 is 1.12 bits per heavy atom. The zero-order valence-electron chi connectivity index (χ0n) is 14.9. The largest absolute Gasteiger partial charge is 0.289 e. The summed E-state index contributed by atoms with van der Waals surface area (Å²) in [6, 6.07) is 15.8. The number of nitrogens with zero attached hydrogens (tertiary/aromatic N) is 2. The van der Waals surface area contributed by atoms with Crippen LogP contribution >= 0.6 is 11.8 Å². The van der Waals surface area contributed by atoms with Crippen molar-refractivity contribution in [1.29, 1.82) is 0 Å². The summed E-state index contributed by atoms with van der Waals surface area (Å²) in [4.78, 5) is 13.4. The van der Waals surface area contributed by atoms with Gasteiger partial charge in [-0.25, -0.2) is 5.43 Å². The van der Waals surface area contributed by atoms with Crippen molar-refractivity contribution in [2.24, 2.45) is 5.10 Å². The second-order valence-electron chi connectivity index (χ2n) is 5.94. The Morgan fingerprint density at radius 2 is 1.88 bits per heavy atom. The zero-order valence-corrected chi connectivity index (χ0v) is 15.7. The first-order chi connectivity index (χ1) is 12.6. The highest BCUT2D eigenvalue weighted by Gasteiger charge is 2.10. The summed E-state index contributed by atoms with van der Waals surface area (Å²) in [7, 11) is 0. The molecule has 0 aliphatic rings. The van der Waals surface area contributed by atoms with Gasteiger partial charge in [-0.05, 0) is 61.1 Å². The summed E-state index contributed by atoms with van der Waals surface area (Å²) in [6.45, 7) is 4.12. The number of H-pyrrole nitrogens is 1. The highest BCUT2D eigenvalue weighted by atomic mass is 32.2. The van der Waals surface area contributed by atoms with Crippen molar-refractivity contribution in [3.8, 4) is 11.3 Å². The number of hydrogen-bond donors (Lipinski definition) is 2. The Balaban J connectivity index is 1.65. The van der Waals surface area contributed by atoms with Gasteiger partial charge in [0.1, 0.15) is 5.69 Å². The SMILES string of the molecule is CSc1ccc(/C=N/NC(=O)c2cc(-c3ccc(C)c(C)c3)n[nH]2)cc1. The third kappa shape index (κ3) is 4.21. The van der Waals surface area contributed by atoms with E-state index in [0.717, 1.165) is 16.8 Å². The predicted octanol–water partition coefficient (Wildman–Crippen LogP) is 4.18. The number of aromatic nitrogens is 2. The van der Waals surface area contributed by atoms with Gasteiger partial charge in [-0.2, -0.15) is 10.2 Å². The van der Waals surface area contributed by atoms with Gasteiger partial charge in [-0.3, -0.25) is 9.89 Å². The van der Waals surface area contributed by atoms with Gasteiger partial charge in [0.05, 0.1) is 11.9 Å². The van der Waals surface area contributed by atoms with Gasteiger partial charge in [0.15, 0.2) is 0 Å². The maximum absolute atomic E-state index is 12.2. The maximum Gasteiger partial charge on any atom is 0.289 e. The maximum atomic E-state index is 12.2. The van der Waals surface area contributed by atoms with E-state index in [9.17, 15) is 4.79 Å². The Labute approximate surface area is 156 Å². The molecule has 0 bridgehead atoms. The molecule has 2 N–H and O–H groups in total. The van der Waals surface area contributed by atoms with Crippen molar-refractivity contribution < 1.29 is 4.79 Å². The molecular weight excluding hydrogens is 344 g/mol. The molecule has 0 aliphatic carbocycles. The Bertz CT molecular complexity index is 945. The number of carbonyl (C=O) groups excluding carboxylic acids is 1. The van der Waals surface area contributed by atoms with E-state index in [-0.39, 0.29) is 5.91 Å². The molecule has 132 valence electrons. The molecule has 3 rings (SSSR count). The van der Waals surface area contributed by atoms with E-state index in [4.69, 9.17) is 0 Å². The van der Waals surface area contributed by atoms with Crippen molar-refractivity contribution in [3.63, 3.8) is 0 Å². The minimum absolute atomic E-state index is 0.329. The number of thioether (sulfide) groups is 1.